The minimum absolute atomic E-state index is 1.02. The Labute approximate surface area is 238 Å². The zero-order valence-corrected chi connectivity index (χ0v) is 23.7. The number of aryl methyl sites for hydroxylation is 1. The van der Waals surface area contributed by atoms with Gasteiger partial charge in [0, 0.05) is 36.6 Å². The molecule has 0 bridgehead atoms. The molecule has 5 aromatic carbocycles. The third-order valence-electron chi connectivity index (χ3n) is 7.40. The standard InChI is InChI=1S/C37H32N2S/c1-4-29(27-38-5-2)39-36-23-21-28(3)25-34(36)35-26-33(22-24-37(35)39)40(30-15-9-6-10-16-30,31-17-11-7-12-18-31)32-19-13-8-14-20-32/h4-27H,2H2,1,3H3/b29-4+,38-27-. The maximum absolute atomic E-state index is 4.36. The third-order valence-corrected chi connectivity index (χ3v) is 11.3. The highest BCUT2D eigenvalue weighted by molar-refractivity contribution is 8.34. The SMILES string of the molecule is C=C/N=C\C(=C/C)n1c2ccc(C)cc2c2cc(S(c3ccccc3)(c3ccccc3)c3ccccc3)ccc21. The summed E-state index contributed by atoms with van der Waals surface area (Å²) in [6.07, 6.45) is 5.57. The van der Waals surface area contributed by atoms with Crippen molar-refractivity contribution in [1.29, 1.82) is 0 Å². The summed E-state index contributed by atoms with van der Waals surface area (Å²) >= 11 is 0. The summed E-state index contributed by atoms with van der Waals surface area (Å²) < 4.78 is 2.31. The van der Waals surface area contributed by atoms with E-state index in [1.165, 1.54) is 41.4 Å². The molecule has 0 amide bonds. The molecule has 40 heavy (non-hydrogen) atoms. The molecule has 2 nitrogen and oxygen atoms in total. The normalized spacial score (nSPS) is 12.8. The van der Waals surface area contributed by atoms with Gasteiger partial charge in [-0.3, -0.25) is 4.99 Å². The Hall–Kier alpha value is -4.60. The van der Waals surface area contributed by atoms with Gasteiger partial charge in [0.15, 0.2) is 0 Å². The van der Waals surface area contributed by atoms with E-state index in [1.54, 1.807) is 6.20 Å². The van der Waals surface area contributed by atoms with Crippen molar-refractivity contribution in [2.24, 2.45) is 4.99 Å². The van der Waals surface area contributed by atoms with Crippen LogP contribution in [0.3, 0.4) is 0 Å². The van der Waals surface area contributed by atoms with Crippen LogP contribution in [-0.2, 0) is 0 Å². The fraction of sp³-hybridized carbons (Fsp3) is 0.0541. The van der Waals surface area contributed by atoms with E-state index in [-0.39, 0.29) is 0 Å². The molecular formula is C37H32N2S. The molecule has 196 valence electrons. The summed E-state index contributed by atoms with van der Waals surface area (Å²) in [5, 5.41) is 2.48. The number of rotatable bonds is 7. The minimum atomic E-state index is -1.78. The van der Waals surface area contributed by atoms with Crippen LogP contribution in [0.25, 0.3) is 27.5 Å². The van der Waals surface area contributed by atoms with Crippen molar-refractivity contribution in [1.82, 2.24) is 4.57 Å². The number of fused-ring (bicyclic) bond motifs is 3. The van der Waals surface area contributed by atoms with Crippen LogP contribution in [0, 0.1) is 6.92 Å². The van der Waals surface area contributed by atoms with Gasteiger partial charge in [0.05, 0.1) is 22.9 Å². The van der Waals surface area contributed by atoms with E-state index in [1.807, 2.05) is 6.21 Å². The average molecular weight is 537 g/mol. The second-order valence-electron chi connectivity index (χ2n) is 9.76. The van der Waals surface area contributed by atoms with E-state index in [2.05, 4.69) is 163 Å². The van der Waals surface area contributed by atoms with Gasteiger partial charge in [0.2, 0.25) is 0 Å². The lowest BCUT2D eigenvalue weighted by molar-refractivity contribution is 1.23. The van der Waals surface area contributed by atoms with Gasteiger partial charge in [-0.2, -0.15) is 0 Å². The maximum Gasteiger partial charge on any atom is 0.0602 e. The summed E-state index contributed by atoms with van der Waals surface area (Å²) in [5.41, 5.74) is 4.59. The predicted octanol–water partition coefficient (Wildman–Crippen LogP) is 10.5. The molecule has 1 heterocycles. The Kier molecular flexibility index (Phi) is 6.98. The molecule has 0 aliphatic heterocycles. The van der Waals surface area contributed by atoms with E-state index in [9.17, 15) is 0 Å². The van der Waals surface area contributed by atoms with Crippen LogP contribution in [0.5, 0.6) is 0 Å². The van der Waals surface area contributed by atoms with Crippen molar-refractivity contribution in [2.75, 3.05) is 0 Å². The van der Waals surface area contributed by atoms with E-state index >= 15 is 0 Å². The maximum atomic E-state index is 4.36. The quantitative estimate of drug-likeness (QED) is 0.181. The van der Waals surface area contributed by atoms with E-state index < -0.39 is 10.0 Å². The number of benzene rings is 5. The Morgan fingerprint density at radius 2 is 1.15 bits per heavy atom. The molecule has 0 saturated heterocycles. The smallest absolute Gasteiger partial charge is 0.0602 e. The zero-order chi connectivity index (χ0) is 27.5. The summed E-state index contributed by atoms with van der Waals surface area (Å²) in [6.45, 7) is 8.00. The molecule has 0 aliphatic rings. The summed E-state index contributed by atoms with van der Waals surface area (Å²) in [4.78, 5) is 9.63. The molecule has 1 aromatic heterocycles. The van der Waals surface area contributed by atoms with Crippen molar-refractivity contribution >= 4 is 43.7 Å². The van der Waals surface area contributed by atoms with Gasteiger partial charge >= 0.3 is 0 Å². The summed E-state index contributed by atoms with van der Waals surface area (Å²) in [7, 11) is -1.78. The molecule has 0 atom stereocenters. The molecule has 0 N–H and O–H groups in total. The fourth-order valence-electron chi connectivity index (χ4n) is 5.67. The highest BCUT2D eigenvalue weighted by atomic mass is 32.3. The van der Waals surface area contributed by atoms with Gasteiger partial charge in [-0.15, -0.1) is 10.0 Å². The Bertz CT molecular complexity index is 1770. The summed E-state index contributed by atoms with van der Waals surface area (Å²) in [6, 6.07) is 46.8. The second kappa shape index (κ2) is 10.9. The number of nitrogens with zero attached hydrogens (tertiary/aromatic N) is 2. The van der Waals surface area contributed by atoms with Gasteiger partial charge in [-0.1, -0.05) is 78.9 Å². The molecule has 0 fully saturated rings. The largest absolute Gasteiger partial charge is 0.308 e. The molecule has 0 aliphatic carbocycles. The van der Waals surface area contributed by atoms with Gasteiger partial charge in [-0.25, -0.2) is 0 Å². The van der Waals surface area contributed by atoms with Gasteiger partial charge < -0.3 is 4.57 Å². The first kappa shape index (κ1) is 25.7. The lowest BCUT2D eigenvalue weighted by Gasteiger charge is -2.42. The number of allylic oxidation sites excluding steroid dienone is 2. The second-order valence-corrected chi connectivity index (χ2v) is 12.9. The molecule has 0 saturated carbocycles. The first-order valence-corrected chi connectivity index (χ1v) is 15.2. The Morgan fingerprint density at radius 1 is 0.650 bits per heavy atom. The first-order valence-electron chi connectivity index (χ1n) is 13.5. The highest BCUT2D eigenvalue weighted by Gasteiger charge is 2.33. The molecule has 6 aromatic rings. The number of aromatic nitrogens is 1. The highest BCUT2D eigenvalue weighted by Crippen LogP contribution is 2.73. The Morgan fingerprint density at radius 3 is 1.65 bits per heavy atom. The molecule has 0 unspecified atom stereocenters. The van der Waals surface area contributed by atoms with Crippen molar-refractivity contribution in [2.45, 2.75) is 33.4 Å². The predicted molar refractivity (Wildman–Crippen MR) is 173 cm³/mol. The molecule has 0 spiro atoms. The van der Waals surface area contributed by atoms with Crippen molar-refractivity contribution in [3.05, 3.63) is 152 Å². The third kappa shape index (κ3) is 4.20. The molecule has 6 rings (SSSR count). The first-order chi connectivity index (χ1) is 19.7. The van der Waals surface area contributed by atoms with E-state index in [4.69, 9.17) is 0 Å². The zero-order valence-electron chi connectivity index (χ0n) is 22.9. The molecular weight excluding hydrogens is 504 g/mol. The summed E-state index contributed by atoms with van der Waals surface area (Å²) in [5.74, 6) is 0. The number of hydrogen-bond donors (Lipinski definition) is 0. The van der Waals surface area contributed by atoms with Gasteiger partial charge in [-0.05, 0) is 80.6 Å². The van der Waals surface area contributed by atoms with E-state index in [0.717, 1.165) is 11.2 Å². The molecule has 3 heteroatoms. The fourth-order valence-corrected chi connectivity index (χ4v) is 9.56. The van der Waals surface area contributed by atoms with Crippen LogP contribution >= 0.6 is 10.0 Å². The van der Waals surface area contributed by atoms with Crippen molar-refractivity contribution < 1.29 is 0 Å². The lowest BCUT2D eigenvalue weighted by atomic mass is 10.1. The van der Waals surface area contributed by atoms with Crippen LogP contribution in [0.4, 0.5) is 0 Å². The minimum Gasteiger partial charge on any atom is -0.308 e. The van der Waals surface area contributed by atoms with Gasteiger partial charge in [0.25, 0.3) is 0 Å². The van der Waals surface area contributed by atoms with Crippen molar-refractivity contribution in [3.8, 4) is 0 Å². The average Bonchev–Trinajstić information content (AvgIpc) is 3.32. The number of aliphatic imine (C=N–C) groups is 1. The monoisotopic (exact) mass is 536 g/mol. The van der Waals surface area contributed by atoms with Gasteiger partial charge in [0.1, 0.15) is 0 Å². The van der Waals surface area contributed by atoms with Crippen LogP contribution in [0.1, 0.15) is 12.5 Å². The molecule has 0 radical (unpaired) electrons. The van der Waals surface area contributed by atoms with Crippen LogP contribution in [0.2, 0.25) is 0 Å². The topological polar surface area (TPSA) is 17.3 Å². The lowest BCUT2D eigenvalue weighted by Crippen LogP contribution is -2.05. The van der Waals surface area contributed by atoms with Crippen LogP contribution < -0.4 is 0 Å². The van der Waals surface area contributed by atoms with E-state index in [0.29, 0.717) is 0 Å². The van der Waals surface area contributed by atoms with Crippen molar-refractivity contribution in [3.63, 3.8) is 0 Å². The van der Waals surface area contributed by atoms with Crippen LogP contribution in [0.15, 0.2) is 171 Å². The Balaban J connectivity index is 1.75. The van der Waals surface area contributed by atoms with Crippen LogP contribution in [-0.4, -0.2) is 10.8 Å². The number of hydrogen-bond acceptors (Lipinski definition) is 1.